The van der Waals surface area contributed by atoms with Crippen molar-refractivity contribution in [2.24, 2.45) is 0 Å². The lowest BCUT2D eigenvalue weighted by Crippen LogP contribution is -2.01. The lowest BCUT2D eigenvalue weighted by Gasteiger charge is -2.08. The number of anilines is 1. The van der Waals surface area contributed by atoms with E-state index < -0.39 is 0 Å². The van der Waals surface area contributed by atoms with E-state index in [1.54, 1.807) is 17.4 Å². The molecule has 0 atom stereocenters. The highest BCUT2D eigenvalue weighted by Gasteiger charge is 2.06. The van der Waals surface area contributed by atoms with Gasteiger partial charge in [0, 0.05) is 12.1 Å². The van der Waals surface area contributed by atoms with Gasteiger partial charge >= 0.3 is 0 Å². The Bertz CT molecular complexity index is 490. The van der Waals surface area contributed by atoms with Gasteiger partial charge in [0.1, 0.15) is 10.8 Å². The fourth-order valence-electron chi connectivity index (χ4n) is 1.55. The van der Waals surface area contributed by atoms with Crippen LogP contribution >= 0.6 is 11.3 Å². The molecule has 5 heteroatoms. The highest BCUT2D eigenvalue weighted by atomic mass is 32.1. The Labute approximate surface area is 104 Å². The number of phenolic OH excluding ortho intramolecular Hbond substituents is 1. The van der Waals surface area contributed by atoms with Gasteiger partial charge in [0.05, 0.1) is 0 Å². The smallest absolute Gasteiger partial charge is 0.205 e. The third-order valence-corrected chi connectivity index (χ3v) is 3.60. The Morgan fingerprint density at radius 3 is 2.82 bits per heavy atom. The van der Waals surface area contributed by atoms with Crippen LogP contribution < -0.4 is 5.32 Å². The zero-order chi connectivity index (χ0) is 12.3. The maximum Gasteiger partial charge on any atom is 0.205 e. The largest absolute Gasteiger partial charge is 0.508 e. The van der Waals surface area contributed by atoms with Gasteiger partial charge in [0.15, 0.2) is 0 Å². The predicted octanol–water partition coefficient (Wildman–Crippen LogP) is 2.73. The molecule has 2 rings (SSSR count). The van der Waals surface area contributed by atoms with E-state index in [-0.39, 0.29) is 0 Å². The molecule has 1 aromatic heterocycles. The Morgan fingerprint density at radius 2 is 2.18 bits per heavy atom. The van der Waals surface area contributed by atoms with E-state index in [9.17, 15) is 5.11 Å². The first-order chi connectivity index (χ1) is 8.20. The highest BCUT2D eigenvalue weighted by molar-refractivity contribution is 7.15. The van der Waals surface area contributed by atoms with Crippen molar-refractivity contribution in [2.75, 3.05) is 5.32 Å². The molecule has 0 spiro atoms. The normalized spacial score (nSPS) is 10.5. The van der Waals surface area contributed by atoms with Crippen LogP contribution in [0.3, 0.4) is 0 Å². The average Bonchev–Trinajstić information content (AvgIpc) is 2.76. The third kappa shape index (κ3) is 2.74. The number of hydrogen-bond acceptors (Lipinski definition) is 5. The van der Waals surface area contributed by atoms with E-state index in [2.05, 4.69) is 22.4 Å². The number of nitrogens with one attached hydrogen (secondary N) is 1. The van der Waals surface area contributed by atoms with E-state index in [0.29, 0.717) is 12.3 Å². The number of rotatable bonds is 4. The lowest BCUT2D eigenvalue weighted by molar-refractivity contribution is 0.468. The second-order valence-electron chi connectivity index (χ2n) is 3.78. The Morgan fingerprint density at radius 1 is 1.35 bits per heavy atom. The molecule has 0 unspecified atom stereocenters. The predicted molar refractivity (Wildman–Crippen MR) is 69.5 cm³/mol. The summed E-state index contributed by atoms with van der Waals surface area (Å²) in [4.78, 5) is 0. The molecule has 0 radical (unpaired) electrons. The van der Waals surface area contributed by atoms with E-state index >= 15 is 0 Å². The van der Waals surface area contributed by atoms with Crippen molar-refractivity contribution in [1.82, 2.24) is 10.2 Å². The van der Waals surface area contributed by atoms with Crippen molar-refractivity contribution in [3.05, 3.63) is 34.3 Å². The second-order valence-corrected chi connectivity index (χ2v) is 4.84. The van der Waals surface area contributed by atoms with Gasteiger partial charge in [-0.05, 0) is 25.0 Å². The van der Waals surface area contributed by atoms with Crippen molar-refractivity contribution in [1.29, 1.82) is 0 Å². The molecular weight excluding hydrogens is 234 g/mol. The first-order valence-electron chi connectivity index (χ1n) is 5.54. The third-order valence-electron chi connectivity index (χ3n) is 2.57. The summed E-state index contributed by atoms with van der Waals surface area (Å²) in [6.45, 7) is 4.60. The molecular formula is C12H15N3OS. The zero-order valence-corrected chi connectivity index (χ0v) is 10.7. The Balaban J connectivity index is 2.07. The molecule has 2 aromatic rings. The van der Waals surface area contributed by atoms with Gasteiger partial charge in [-0.1, -0.05) is 30.4 Å². The highest BCUT2D eigenvalue weighted by Crippen LogP contribution is 2.22. The molecule has 0 saturated carbocycles. The fraction of sp³-hybridized carbons (Fsp3) is 0.333. The number of aromatic nitrogens is 2. The molecule has 17 heavy (non-hydrogen) atoms. The maximum atomic E-state index is 9.75. The number of phenols is 1. The molecule has 0 saturated heterocycles. The zero-order valence-electron chi connectivity index (χ0n) is 9.90. The topological polar surface area (TPSA) is 58.0 Å². The molecule has 2 N–H and O–H groups in total. The molecule has 0 amide bonds. The molecule has 1 aromatic carbocycles. The minimum Gasteiger partial charge on any atom is -0.508 e. The van der Waals surface area contributed by atoms with Gasteiger partial charge in [-0.2, -0.15) is 0 Å². The molecule has 0 bridgehead atoms. The lowest BCUT2D eigenvalue weighted by atomic mass is 10.1. The number of benzene rings is 1. The summed E-state index contributed by atoms with van der Waals surface area (Å²) in [5.41, 5.74) is 1.97. The van der Waals surface area contributed by atoms with E-state index in [1.165, 1.54) is 0 Å². The van der Waals surface area contributed by atoms with Crippen LogP contribution in [0.25, 0.3) is 0 Å². The minimum atomic E-state index is 0.317. The van der Waals surface area contributed by atoms with Gasteiger partial charge in [-0.3, -0.25) is 0 Å². The number of aromatic hydroxyl groups is 1. The number of aryl methyl sites for hydroxylation is 2. The fourth-order valence-corrected chi connectivity index (χ4v) is 2.22. The van der Waals surface area contributed by atoms with Crippen LogP contribution in [-0.2, 0) is 13.0 Å². The summed E-state index contributed by atoms with van der Waals surface area (Å²) in [6, 6.07) is 5.52. The first kappa shape index (κ1) is 11.9. The Hall–Kier alpha value is -1.62. The SMILES string of the molecule is CCc1nnc(NCc2c(C)cccc2O)s1. The van der Waals surface area contributed by atoms with Crippen molar-refractivity contribution < 1.29 is 5.11 Å². The molecule has 1 heterocycles. The standard InChI is InChI=1S/C12H15N3OS/c1-3-11-14-15-12(17-11)13-7-9-8(2)5-4-6-10(9)16/h4-6,16H,3,7H2,1-2H3,(H,13,15). The maximum absolute atomic E-state index is 9.75. The summed E-state index contributed by atoms with van der Waals surface area (Å²) < 4.78 is 0. The van der Waals surface area contributed by atoms with Crippen molar-refractivity contribution >= 4 is 16.5 Å². The molecule has 0 fully saturated rings. The van der Waals surface area contributed by atoms with E-state index in [1.807, 2.05) is 19.1 Å². The van der Waals surface area contributed by atoms with Crippen molar-refractivity contribution in [3.63, 3.8) is 0 Å². The van der Waals surface area contributed by atoms with Crippen LogP contribution in [0.5, 0.6) is 5.75 Å². The Kier molecular flexibility index (Phi) is 3.58. The molecule has 4 nitrogen and oxygen atoms in total. The van der Waals surface area contributed by atoms with Gasteiger partial charge in [0.2, 0.25) is 5.13 Å². The van der Waals surface area contributed by atoms with E-state index in [0.717, 1.165) is 27.7 Å². The number of hydrogen-bond donors (Lipinski definition) is 2. The van der Waals surface area contributed by atoms with Gasteiger partial charge in [0.25, 0.3) is 0 Å². The van der Waals surface area contributed by atoms with E-state index in [4.69, 9.17) is 0 Å². The van der Waals surface area contributed by atoms with Crippen LogP contribution in [-0.4, -0.2) is 15.3 Å². The van der Waals surface area contributed by atoms with Gasteiger partial charge in [-0.25, -0.2) is 0 Å². The minimum absolute atomic E-state index is 0.317. The van der Waals surface area contributed by atoms with Crippen molar-refractivity contribution in [2.45, 2.75) is 26.8 Å². The van der Waals surface area contributed by atoms with Crippen molar-refractivity contribution in [3.8, 4) is 5.75 Å². The molecule has 0 aliphatic carbocycles. The van der Waals surface area contributed by atoms with Crippen LogP contribution in [0.15, 0.2) is 18.2 Å². The second kappa shape index (κ2) is 5.14. The summed E-state index contributed by atoms with van der Waals surface area (Å²) in [7, 11) is 0. The van der Waals surface area contributed by atoms with Gasteiger partial charge < -0.3 is 10.4 Å². The van der Waals surface area contributed by atoms with Crippen LogP contribution in [0.2, 0.25) is 0 Å². The summed E-state index contributed by atoms with van der Waals surface area (Å²) >= 11 is 1.55. The first-order valence-corrected chi connectivity index (χ1v) is 6.36. The van der Waals surface area contributed by atoms with Crippen LogP contribution in [0.1, 0.15) is 23.1 Å². The quantitative estimate of drug-likeness (QED) is 0.874. The van der Waals surface area contributed by atoms with Crippen LogP contribution in [0.4, 0.5) is 5.13 Å². The van der Waals surface area contributed by atoms with Gasteiger partial charge in [-0.15, -0.1) is 10.2 Å². The summed E-state index contributed by atoms with van der Waals surface area (Å²) in [5, 5.41) is 22.8. The van der Waals surface area contributed by atoms with Crippen LogP contribution in [0, 0.1) is 6.92 Å². The molecule has 90 valence electrons. The molecule has 0 aliphatic heterocycles. The summed E-state index contributed by atoms with van der Waals surface area (Å²) in [6.07, 6.45) is 0.898. The monoisotopic (exact) mass is 249 g/mol. The molecule has 0 aliphatic rings. The average molecular weight is 249 g/mol. The summed E-state index contributed by atoms with van der Waals surface area (Å²) in [5.74, 6) is 0.317. The number of nitrogens with zero attached hydrogens (tertiary/aromatic N) is 2.